The van der Waals surface area contributed by atoms with E-state index in [0.29, 0.717) is 0 Å². The maximum absolute atomic E-state index is 4.95. The fourth-order valence-electron chi connectivity index (χ4n) is 7.92. The predicted octanol–water partition coefficient (Wildman–Crippen LogP) is 12.7. The van der Waals surface area contributed by atoms with Gasteiger partial charge < -0.3 is 4.57 Å². The lowest BCUT2D eigenvalue weighted by atomic mass is 9.97. The molecule has 0 amide bonds. The van der Waals surface area contributed by atoms with E-state index in [4.69, 9.17) is 9.97 Å². The molecule has 0 fully saturated rings. The Morgan fingerprint density at radius 2 is 0.815 bits per heavy atom. The van der Waals surface area contributed by atoms with Crippen LogP contribution >= 0.6 is 0 Å². The molecule has 0 atom stereocenters. The summed E-state index contributed by atoms with van der Waals surface area (Å²) in [5, 5.41) is 2.33. The second-order valence-electron chi connectivity index (χ2n) is 13.4. The Kier molecular flexibility index (Phi) is 7.77. The van der Waals surface area contributed by atoms with Gasteiger partial charge in [0.1, 0.15) is 5.82 Å². The Balaban J connectivity index is 1.35. The van der Waals surface area contributed by atoms with E-state index in [-0.39, 0.29) is 0 Å². The molecule has 6 aromatic carbocycles. The molecule has 54 heavy (non-hydrogen) atoms. The van der Waals surface area contributed by atoms with Crippen molar-refractivity contribution in [2.45, 2.75) is 0 Å². The van der Waals surface area contributed by atoms with Gasteiger partial charge in [-0.2, -0.15) is 0 Å². The Bertz CT molecular complexity index is 2880. The van der Waals surface area contributed by atoms with E-state index in [0.717, 1.165) is 67.3 Å². The number of aromatic nitrogens is 4. The van der Waals surface area contributed by atoms with Gasteiger partial charge in [0.2, 0.25) is 0 Å². The summed E-state index contributed by atoms with van der Waals surface area (Å²) in [5.74, 6) is 0.865. The standard InChI is InChI=1S/C50H34N4/c1-5-17-35(18-6-1)47-41-29-27-39(43-25-13-15-31-51-43)33-44(41)53(49(47)37-21-9-3-10-22-37)40-28-30-42-45(34-40)54(46-26-14-16-32-52-46)50(38-23-11-4-12-24-38)48(42)36-19-7-2-8-20-36/h1-34H. The van der Waals surface area contributed by atoms with Crippen molar-refractivity contribution in [3.63, 3.8) is 0 Å². The lowest BCUT2D eigenvalue weighted by molar-refractivity contribution is 1.05. The van der Waals surface area contributed by atoms with Crippen LogP contribution in [0, 0.1) is 0 Å². The van der Waals surface area contributed by atoms with E-state index in [1.165, 1.54) is 22.1 Å². The molecule has 0 N–H and O–H groups in total. The van der Waals surface area contributed by atoms with Gasteiger partial charge in [-0.05, 0) is 64.7 Å². The fourth-order valence-corrected chi connectivity index (χ4v) is 7.92. The van der Waals surface area contributed by atoms with Crippen molar-refractivity contribution in [3.8, 4) is 67.5 Å². The molecule has 0 spiro atoms. The van der Waals surface area contributed by atoms with Crippen molar-refractivity contribution >= 4 is 21.8 Å². The summed E-state index contributed by atoms with van der Waals surface area (Å²) in [7, 11) is 0. The third-order valence-corrected chi connectivity index (χ3v) is 10.2. The van der Waals surface area contributed by atoms with Crippen LogP contribution in [0.15, 0.2) is 207 Å². The van der Waals surface area contributed by atoms with E-state index in [9.17, 15) is 0 Å². The van der Waals surface area contributed by atoms with Crippen LogP contribution in [0.3, 0.4) is 0 Å². The van der Waals surface area contributed by atoms with Crippen molar-refractivity contribution in [1.82, 2.24) is 19.1 Å². The summed E-state index contributed by atoms with van der Waals surface area (Å²) in [6.45, 7) is 0. The maximum Gasteiger partial charge on any atom is 0.137 e. The molecular formula is C50H34N4. The van der Waals surface area contributed by atoms with Gasteiger partial charge in [-0.3, -0.25) is 9.55 Å². The van der Waals surface area contributed by atoms with Crippen LogP contribution in [-0.4, -0.2) is 19.1 Å². The normalized spacial score (nSPS) is 11.3. The van der Waals surface area contributed by atoms with Crippen LogP contribution in [-0.2, 0) is 0 Å². The maximum atomic E-state index is 4.95. The first kappa shape index (κ1) is 31.4. The number of benzene rings is 6. The molecule has 0 aliphatic carbocycles. The monoisotopic (exact) mass is 690 g/mol. The largest absolute Gasteiger partial charge is 0.309 e. The van der Waals surface area contributed by atoms with Gasteiger partial charge in [0.15, 0.2) is 0 Å². The lowest BCUT2D eigenvalue weighted by Crippen LogP contribution is -2.01. The van der Waals surface area contributed by atoms with Gasteiger partial charge in [-0.15, -0.1) is 0 Å². The summed E-state index contributed by atoms with van der Waals surface area (Å²) in [6, 6.07) is 68.8. The zero-order valence-electron chi connectivity index (χ0n) is 29.4. The van der Waals surface area contributed by atoms with Crippen molar-refractivity contribution in [2.24, 2.45) is 0 Å². The van der Waals surface area contributed by atoms with Gasteiger partial charge in [-0.1, -0.05) is 152 Å². The van der Waals surface area contributed by atoms with E-state index in [1.54, 1.807) is 0 Å². The smallest absolute Gasteiger partial charge is 0.137 e. The zero-order chi connectivity index (χ0) is 35.8. The molecule has 4 heteroatoms. The average Bonchev–Trinajstić information content (AvgIpc) is 3.78. The number of pyridine rings is 2. The van der Waals surface area contributed by atoms with Crippen LogP contribution in [0.25, 0.3) is 89.3 Å². The number of hydrogen-bond acceptors (Lipinski definition) is 2. The first-order valence-electron chi connectivity index (χ1n) is 18.3. The lowest BCUT2D eigenvalue weighted by Gasteiger charge is -2.15. The molecule has 10 aromatic rings. The highest BCUT2D eigenvalue weighted by Gasteiger charge is 2.25. The molecule has 0 saturated carbocycles. The second-order valence-corrected chi connectivity index (χ2v) is 13.4. The van der Waals surface area contributed by atoms with Crippen molar-refractivity contribution in [2.75, 3.05) is 0 Å². The van der Waals surface area contributed by atoms with Gasteiger partial charge in [-0.25, -0.2) is 4.98 Å². The Labute approximate surface area is 313 Å². The van der Waals surface area contributed by atoms with Crippen LogP contribution in [0.1, 0.15) is 0 Å². The SMILES string of the molecule is c1ccc(-c2c(-c3ccccc3)n(-c3ccc4c(-c5ccccc5)c(-c5ccccc5)n(-c5ccccn5)c4c3)c3cc(-c4ccccn4)ccc23)cc1. The van der Waals surface area contributed by atoms with E-state index in [2.05, 4.69) is 185 Å². The third kappa shape index (κ3) is 5.32. The topological polar surface area (TPSA) is 35.6 Å². The first-order valence-corrected chi connectivity index (χ1v) is 18.3. The highest BCUT2D eigenvalue weighted by Crippen LogP contribution is 2.46. The number of rotatable bonds is 7. The van der Waals surface area contributed by atoms with Crippen molar-refractivity contribution in [1.29, 1.82) is 0 Å². The van der Waals surface area contributed by atoms with Crippen LogP contribution in [0.2, 0.25) is 0 Å². The summed E-state index contributed by atoms with van der Waals surface area (Å²) in [6.07, 6.45) is 3.73. The molecule has 0 aliphatic heterocycles. The van der Waals surface area contributed by atoms with E-state index >= 15 is 0 Å². The zero-order valence-corrected chi connectivity index (χ0v) is 29.4. The summed E-state index contributed by atoms with van der Waals surface area (Å²) in [5.41, 5.74) is 14.5. The Morgan fingerprint density at radius 1 is 0.333 bits per heavy atom. The quantitative estimate of drug-likeness (QED) is 0.167. The summed E-state index contributed by atoms with van der Waals surface area (Å²) >= 11 is 0. The third-order valence-electron chi connectivity index (χ3n) is 10.2. The number of fused-ring (bicyclic) bond motifs is 2. The highest BCUT2D eigenvalue weighted by atomic mass is 15.1. The molecule has 0 bridgehead atoms. The fraction of sp³-hybridized carbons (Fsp3) is 0. The van der Waals surface area contributed by atoms with Crippen LogP contribution < -0.4 is 0 Å². The molecule has 4 nitrogen and oxygen atoms in total. The predicted molar refractivity (Wildman–Crippen MR) is 223 cm³/mol. The first-order chi connectivity index (χ1) is 26.8. The van der Waals surface area contributed by atoms with E-state index in [1.807, 2.05) is 30.6 Å². The molecule has 0 aliphatic rings. The van der Waals surface area contributed by atoms with Crippen LogP contribution in [0.4, 0.5) is 0 Å². The van der Waals surface area contributed by atoms with Crippen LogP contribution in [0.5, 0.6) is 0 Å². The molecular weight excluding hydrogens is 657 g/mol. The summed E-state index contributed by atoms with van der Waals surface area (Å²) < 4.78 is 4.78. The van der Waals surface area contributed by atoms with Gasteiger partial charge in [0.25, 0.3) is 0 Å². The number of hydrogen-bond donors (Lipinski definition) is 0. The van der Waals surface area contributed by atoms with Crippen molar-refractivity contribution in [3.05, 3.63) is 207 Å². The molecule has 4 aromatic heterocycles. The minimum Gasteiger partial charge on any atom is -0.309 e. The van der Waals surface area contributed by atoms with Gasteiger partial charge >= 0.3 is 0 Å². The average molecular weight is 691 g/mol. The molecule has 10 rings (SSSR count). The van der Waals surface area contributed by atoms with Gasteiger partial charge in [0.05, 0.1) is 28.1 Å². The Morgan fingerprint density at radius 3 is 1.35 bits per heavy atom. The minimum atomic E-state index is 0.865. The Hall–Kier alpha value is -7.30. The number of nitrogens with zero attached hydrogens (tertiary/aromatic N) is 4. The molecule has 0 unspecified atom stereocenters. The summed E-state index contributed by atoms with van der Waals surface area (Å²) in [4.78, 5) is 9.69. The second kappa shape index (κ2) is 13.4. The minimum absolute atomic E-state index is 0.865. The molecule has 0 radical (unpaired) electrons. The van der Waals surface area contributed by atoms with Crippen molar-refractivity contribution < 1.29 is 0 Å². The van der Waals surface area contributed by atoms with E-state index < -0.39 is 0 Å². The highest BCUT2D eigenvalue weighted by molar-refractivity contribution is 6.09. The van der Waals surface area contributed by atoms with Gasteiger partial charge in [0, 0.05) is 45.5 Å². The molecule has 0 saturated heterocycles. The molecule has 254 valence electrons. The molecule has 4 heterocycles.